The van der Waals surface area contributed by atoms with Gasteiger partial charge in [-0.3, -0.25) is 19.1 Å². The van der Waals surface area contributed by atoms with Crippen molar-refractivity contribution >= 4 is 17.1 Å². The Morgan fingerprint density at radius 1 is 1.42 bits per heavy atom. The van der Waals surface area contributed by atoms with Crippen molar-refractivity contribution in [1.82, 2.24) is 24.8 Å². The van der Waals surface area contributed by atoms with Crippen molar-refractivity contribution in [3.8, 4) is 11.8 Å². The summed E-state index contributed by atoms with van der Waals surface area (Å²) in [7, 11) is 1.50. The number of hydrogen-bond donors (Lipinski definition) is 3. The molecule has 19 heavy (non-hydrogen) atoms. The zero-order valence-corrected chi connectivity index (χ0v) is 10.3. The van der Waals surface area contributed by atoms with Crippen LogP contribution in [0.25, 0.3) is 11.2 Å². The van der Waals surface area contributed by atoms with Crippen LogP contribution in [0.2, 0.25) is 0 Å². The number of carbonyl (C=O) groups excluding carboxylic acids is 1. The fourth-order valence-electron chi connectivity index (χ4n) is 1.46. The van der Waals surface area contributed by atoms with Crippen molar-refractivity contribution < 1.29 is 4.79 Å². The zero-order chi connectivity index (χ0) is 14.0. The Hall–Kier alpha value is -2.82. The van der Waals surface area contributed by atoms with E-state index in [2.05, 4.69) is 32.1 Å². The van der Waals surface area contributed by atoms with E-state index in [1.54, 1.807) is 0 Å². The molecule has 2 aromatic rings. The highest BCUT2D eigenvalue weighted by Crippen LogP contribution is 2.01. The third kappa shape index (κ3) is 2.55. The maximum Gasteiger partial charge on any atom is 0.329 e. The van der Waals surface area contributed by atoms with Crippen LogP contribution in [0.4, 0.5) is 0 Å². The molecule has 2 rings (SSSR count). The molecule has 3 N–H and O–H groups in total. The summed E-state index contributed by atoms with van der Waals surface area (Å²) in [6, 6.07) is 0. The highest BCUT2D eigenvalue weighted by Gasteiger charge is 2.08. The lowest BCUT2D eigenvalue weighted by Crippen LogP contribution is -2.28. The Morgan fingerprint density at radius 3 is 2.84 bits per heavy atom. The normalized spacial score (nSPS) is 10.0. The summed E-state index contributed by atoms with van der Waals surface area (Å²) in [5.74, 6) is 5.41. The third-order valence-corrected chi connectivity index (χ3v) is 2.39. The average Bonchev–Trinajstić information content (AvgIpc) is 2.76. The molecule has 1 amide bonds. The van der Waals surface area contributed by atoms with E-state index in [0.29, 0.717) is 0 Å². The molecule has 98 valence electrons. The highest BCUT2D eigenvalue weighted by molar-refractivity contribution is 5.73. The molecule has 8 nitrogen and oxygen atoms in total. The van der Waals surface area contributed by atoms with Gasteiger partial charge in [-0.05, 0) is 5.92 Å². The number of hydrogen-bond acceptors (Lipinski definition) is 4. The van der Waals surface area contributed by atoms with Crippen molar-refractivity contribution in [2.45, 2.75) is 6.92 Å². The standard InChI is InChI=1S/C11H11N5O3/c1-6(17)12-5-3-4-7-13-8-9(14-7)16(2)11(19)15-10(8)18/h5H2,1-2H3,(H,12,17)(H,13,14)(H,15,18,19). The molecule has 0 aliphatic carbocycles. The SMILES string of the molecule is CC(=O)NCC#Cc1nc2c([nH]1)c(=O)[nH]c(=O)n2C. The van der Waals surface area contributed by atoms with Crippen molar-refractivity contribution in [3.05, 3.63) is 26.7 Å². The van der Waals surface area contributed by atoms with Gasteiger partial charge in [0.15, 0.2) is 17.0 Å². The quantitative estimate of drug-likeness (QED) is 0.539. The molecule has 0 saturated carbocycles. The minimum absolute atomic E-state index is 0.182. The number of aromatic nitrogens is 4. The van der Waals surface area contributed by atoms with Gasteiger partial charge in [0, 0.05) is 14.0 Å². The van der Waals surface area contributed by atoms with E-state index < -0.39 is 11.2 Å². The minimum Gasteiger partial charge on any atom is -0.345 e. The molecule has 0 bridgehead atoms. The summed E-state index contributed by atoms with van der Waals surface area (Å²) in [5.41, 5.74) is -0.661. The van der Waals surface area contributed by atoms with Crippen molar-refractivity contribution in [2.75, 3.05) is 6.54 Å². The Bertz CT molecular complexity index is 815. The van der Waals surface area contributed by atoms with Gasteiger partial charge < -0.3 is 10.3 Å². The molecular weight excluding hydrogens is 250 g/mol. The Balaban J connectivity index is 2.40. The van der Waals surface area contributed by atoms with Crippen LogP contribution >= 0.6 is 0 Å². The summed E-state index contributed by atoms with van der Waals surface area (Å²) in [6.07, 6.45) is 0. The lowest BCUT2D eigenvalue weighted by atomic mass is 10.5. The van der Waals surface area contributed by atoms with Crippen molar-refractivity contribution in [3.63, 3.8) is 0 Å². The van der Waals surface area contributed by atoms with Crippen LogP contribution in [0.15, 0.2) is 9.59 Å². The number of aromatic amines is 2. The molecule has 0 spiro atoms. The lowest BCUT2D eigenvalue weighted by molar-refractivity contribution is -0.118. The molecule has 0 aliphatic rings. The van der Waals surface area contributed by atoms with Gasteiger partial charge in [0.05, 0.1) is 6.54 Å². The highest BCUT2D eigenvalue weighted by atomic mass is 16.2. The van der Waals surface area contributed by atoms with Crippen LogP contribution in [0.5, 0.6) is 0 Å². The molecule has 0 atom stereocenters. The minimum atomic E-state index is -0.541. The number of carbonyl (C=O) groups is 1. The van der Waals surface area contributed by atoms with Gasteiger partial charge in [-0.1, -0.05) is 5.92 Å². The molecule has 8 heteroatoms. The van der Waals surface area contributed by atoms with Crippen LogP contribution in [-0.4, -0.2) is 32.0 Å². The van der Waals surface area contributed by atoms with Gasteiger partial charge in [0.1, 0.15) is 0 Å². The van der Waals surface area contributed by atoms with Gasteiger partial charge in [-0.2, -0.15) is 0 Å². The second-order valence-electron chi connectivity index (χ2n) is 3.81. The van der Waals surface area contributed by atoms with Crippen molar-refractivity contribution in [1.29, 1.82) is 0 Å². The molecule has 0 unspecified atom stereocenters. The van der Waals surface area contributed by atoms with Gasteiger partial charge in [0.25, 0.3) is 5.56 Å². The monoisotopic (exact) mass is 261 g/mol. The molecule has 0 saturated heterocycles. The Kier molecular flexibility index (Phi) is 3.20. The van der Waals surface area contributed by atoms with Gasteiger partial charge in [0.2, 0.25) is 5.91 Å². The predicted molar refractivity (Wildman–Crippen MR) is 67.5 cm³/mol. The number of rotatable bonds is 1. The summed E-state index contributed by atoms with van der Waals surface area (Å²) in [4.78, 5) is 42.5. The van der Waals surface area contributed by atoms with Crippen molar-refractivity contribution in [2.24, 2.45) is 7.05 Å². The number of nitrogens with one attached hydrogen (secondary N) is 3. The number of nitrogens with zero attached hydrogens (tertiary/aromatic N) is 2. The van der Waals surface area contributed by atoms with E-state index in [4.69, 9.17) is 0 Å². The lowest BCUT2D eigenvalue weighted by Gasteiger charge is -1.94. The van der Waals surface area contributed by atoms with E-state index in [1.807, 2.05) is 0 Å². The fraction of sp³-hybridized carbons (Fsp3) is 0.273. The van der Waals surface area contributed by atoms with E-state index in [-0.39, 0.29) is 29.4 Å². The average molecular weight is 261 g/mol. The first-order valence-electron chi connectivity index (χ1n) is 5.41. The van der Waals surface area contributed by atoms with E-state index in [1.165, 1.54) is 18.5 Å². The van der Waals surface area contributed by atoms with Crippen LogP contribution in [0.3, 0.4) is 0 Å². The first-order valence-corrected chi connectivity index (χ1v) is 5.41. The number of fused-ring (bicyclic) bond motifs is 1. The fourth-order valence-corrected chi connectivity index (χ4v) is 1.46. The third-order valence-electron chi connectivity index (χ3n) is 2.39. The number of H-pyrrole nitrogens is 2. The molecule has 0 aliphatic heterocycles. The van der Waals surface area contributed by atoms with E-state index in [0.717, 1.165) is 0 Å². The number of amides is 1. The van der Waals surface area contributed by atoms with Gasteiger partial charge >= 0.3 is 5.69 Å². The molecular formula is C11H11N5O3. The topological polar surface area (TPSA) is 113 Å². The summed E-state index contributed by atoms with van der Waals surface area (Å²) < 4.78 is 1.21. The second-order valence-corrected chi connectivity index (χ2v) is 3.81. The van der Waals surface area contributed by atoms with Crippen LogP contribution < -0.4 is 16.6 Å². The Morgan fingerprint density at radius 2 is 2.16 bits per heavy atom. The summed E-state index contributed by atoms with van der Waals surface area (Å²) >= 11 is 0. The first-order chi connectivity index (χ1) is 8.99. The molecule has 0 fully saturated rings. The largest absolute Gasteiger partial charge is 0.345 e. The summed E-state index contributed by atoms with van der Waals surface area (Å²) in [6.45, 7) is 1.57. The molecule has 2 heterocycles. The van der Waals surface area contributed by atoms with E-state index in [9.17, 15) is 14.4 Å². The van der Waals surface area contributed by atoms with Gasteiger partial charge in [-0.15, -0.1) is 0 Å². The van der Waals surface area contributed by atoms with Crippen LogP contribution in [0.1, 0.15) is 12.7 Å². The Labute approximate surface area is 106 Å². The zero-order valence-electron chi connectivity index (χ0n) is 10.3. The second kappa shape index (κ2) is 4.81. The summed E-state index contributed by atoms with van der Waals surface area (Å²) in [5, 5.41) is 2.50. The van der Waals surface area contributed by atoms with Crippen LogP contribution in [0, 0.1) is 11.8 Å². The maximum atomic E-state index is 11.5. The number of imidazole rings is 1. The maximum absolute atomic E-state index is 11.5. The first kappa shape index (κ1) is 12.6. The smallest absolute Gasteiger partial charge is 0.329 e. The molecule has 0 aromatic carbocycles. The van der Waals surface area contributed by atoms with E-state index >= 15 is 0 Å². The predicted octanol–water partition coefficient (Wildman–Crippen LogP) is -1.56. The van der Waals surface area contributed by atoms with Crippen LogP contribution in [-0.2, 0) is 11.8 Å². The van der Waals surface area contributed by atoms with Gasteiger partial charge in [-0.25, -0.2) is 9.78 Å². The molecule has 0 radical (unpaired) electrons. The molecule has 2 aromatic heterocycles. The number of aryl methyl sites for hydroxylation is 1.